The first-order valence-electron chi connectivity index (χ1n) is 8.49. The number of benzene rings is 1. The topological polar surface area (TPSA) is 76.7 Å². The van der Waals surface area contributed by atoms with Gasteiger partial charge in [-0.05, 0) is 51.0 Å². The third kappa shape index (κ3) is 3.76. The summed E-state index contributed by atoms with van der Waals surface area (Å²) in [6.07, 6.45) is 1.73. The second-order valence-corrected chi connectivity index (χ2v) is 6.47. The SMILES string of the molecule is CC1OCCC1NC(=O)c1ccc(C(=O)NC2CCOC2C)cc1. The van der Waals surface area contributed by atoms with Gasteiger partial charge in [0.15, 0.2) is 0 Å². The van der Waals surface area contributed by atoms with Gasteiger partial charge in [-0.2, -0.15) is 0 Å². The maximum absolute atomic E-state index is 12.3. The maximum Gasteiger partial charge on any atom is 0.251 e. The summed E-state index contributed by atoms with van der Waals surface area (Å²) in [5.41, 5.74) is 1.09. The van der Waals surface area contributed by atoms with Crippen molar-refractivity contribution in [3.05, 3.63) is 35.4 Å². The van der Waals surface area contributed by atoms with E-state index in [-0.39, 0.29) is 36.1 Å². The molecule has 6 nitrogen and oxygen atoms in total. The Morgan fingerprint density at radius 1 is 0.833 bits per heavy atom. The standard InChI is InChI=1S/C18H24N2O4/c1-11-15(7-9-23-11)19-17(21)13-3-5-14(6-4-13)18(22)20-16-8-10-24-12(16)2/h3-6,11-12,15-16H,7-10H2,1-2H3,(H,19,21)(H,20,22). The van der Waals surface area contributed by atoms with Crippen LogP contribution in [0.5, 0.6) is 0 Å². The zero-order valence-electron chi connectivity index (χ0n) is 14.1. The van der Waals surface area contributed by atoms with E-state index in [1.165, 1.54) is 0 Å². The minimum atomic E-state index is -0.137. The molecule has 4 unspecified atom stereocenters. The Hall–Kier alpha value is -1.92. The second-order valence-electron chi connectivity index (χ2n) is 6.47. The lowest BCUT2D eigenvalue weighted by Gasteiger charge is -2.17. The van der Waals surface area contributed by atoms with Crippen LogP contribution in [0.2, 0.25) is 0 Å². The molecule has 0 radical (unpaired) electrons. The summed E-state index contributed by atoms with van der Waals surface area (Å²) >= 11 is 0. The van der Waals surface area contributed by atoms with Crippen LogP contribution >= 0.6 is 0 Å². The highest BCUT2D eigenvalue weighted by atomic mass is 16.5. The van der Waals surface area contributed by atoms with Crippen molar-refractivity contribution < 1.29 is 19.1 Å². The first-order valence-corrected chi connectivity index (χ1v) is 8.49. The zero-order chi connectivity index (χ0) is 17.1. The predicted octanol–water partition coefficient (Wildman–Crippen LogP) is 1.50. The van der Waals surface area contributed by atoms with Crippen LogP contribution in [0.3, 0.4) is 0 Å². The van der Waals surface area contributed by atoms with Gasteiger partial charge in [-0.1, -0.05) is 0 Å². The van der Waals surface area contributed by atoms with E-state index >= 15 is 0 Å². The highest BCUT2D eigenvalue weighted by molar-refractivity contribution is 5.98. The Balaban J connectivity index is 1.58. The van der Waals surface area contributed by atoms with Crippen LogP contribution in [0.1, 0.15) is 47.4 Å². The van der Waals surface area contributed by atoms with Crippen molar-refractivity contribution in [1.82, 2.24) is 10.6 Å². The Labute approximate surface area is 141 Å². The molecule has 2 saturated heterocycles. The molecule has 0 saturated carbocycles. The van der Waals surface area contributed by atoms with E-state index in [4.69, 9.17) is 9.47 Å². The van der Waals surface area contributed by atoms with Crippen LogP contribution in [0, 0.1) is 0 Å². The maximum atomic E-state index is 12.3. The fourth-order valence-electron chi connectivity index (χ4n) is 3.12. The van der Waals surface area contributed by atoms with Gasteiger partial charge in [0.25, 0.3) is 11.8 Å². The van der Waals surface area contributed by atoms with Crippen molar-refractivity contribution in [2.24, 2.45) is 0 Å². The van der Waals surface area contributed by atoms with Crippen LogP contribution in [0.25, 0.3) is 0 Å². The summed E-state index contributed by atoms with van der Waals surface area (Å²) in [7, 11) is 0. The number of amides is 2. The molecule has 0 spiro atoms. The third-order valence-corrected chi connectivity index (χ3v) is 4.79. The summed E-state index contributed by atoms with van der Waals surface area (Å²) in [6.45, 7) is 5.27. The molecule has 0 aliphatic carbocycles. The number of carbonyl (C=O) groups is 2. The van der Waals surface area contributed by atoms with Gasteiger partial charge in [0, 0.05) is 24.3 Å². The number of carbonyl (C=O) groups excluding carboxylic acids is 2. The lowest BCUT2D eigenvalue weighted by molar-refractivity contribution is 0.0858. The lowest BCUT2D eigenvalue weighted by Crippen LogP contribution is -2.39. The predicted molar refractivity (Wildman–Crippen MR) is 89.0 cm³/mol. The molecule has 2 amide bonds. The third-order valence-electron chi connectivity index (χ3n) is 4.79. The molecule has 130 valence electrons. The highest BCUT2D eigenvalue weighted by Gasteiger charge is 2.27. The molecule has 6 heteroatoms. The summed E-state index contributed by atoms with van der Waals surface area (Å²) in [5, 5.41) is 5.95. The molecular weight excluding hydrogens is 308 g/mol. The van der Waals surface area contributed by atoms with Crippen LogP contribution in [0.15, 0.2) is 24.3 Å². The monoisotopic (exact) mass is 332 g/mol. The number of rotatable bonds is 4. The van der Waals surface area contributed by atoms with E-state index in [0.29, 0.717) is 24.3 Å². The fraction of sp³-hybridized carbons (Fsp3) is 0.556. The average molecular weight is 332 g/mol. The van der Waals surface area contributed by atoms with Gasteiger partial charge in [0.05, 0.1) is 24.3 Å². The van der Waals surface area contributed by atoms with Gasteiger partial charge in [-0.3, -0.25) is 9.59 Å². The van der Waals surface area contributed by atoms with E-state index in [1.807, 2.05) is 13.8 Å². The van der Waals surface area contributed by atoms with Crippen LogP contribution < -0.4 is 10.6 Å². The lowest BCUT2D eigenvalue weighted by atomic mass is 10.1. The highest BCUT2D eigenvalue weighted by Crippen LogP contribution is 2.15. The Kier molecular flexibility index (Phi) is 5.16. The second kappa shape index (κ2) is 7.32. The Morgan fingerprint density at radius 3 is 1.50 bits per heavy atom. The van der Waals surface area contributed by atoms with Gasteiger partial charge < -0.3 is 20.1 Å². The molecule has 2 heterocycles. The molecular formula is C18H24N2O4. The van der Waals surface area contributed by atoms with Crippen LogP contribution in [0.4, 0.5) is 0 Å². The number of nitrogens with one attached hydrogen (secondary N) is 2. The van der Waals surface area contributed by atoms with E-state index in [1.54, 1.807) is 24.3 Å². The van der Waals surface area contributed by atoms with Gasteiger partial charge in [-0.25, -0.2) is 0 Å². The van der Waals surface area contributed by atoms with Gasteiger partial charge >= 0.3 is 0 Å². The van der Waals surface area contributed by atoms with Crippen LogP contribution in [-0.2, 0) is 9.47 Å². The average Bonchev–Trinajstić information content (AvgIpc) is 3.16. The molecule has 1 aromatic carbocycles. The van der Waals surface area contributed by atoms with Crippen molar-refractivity contribution in [2.45, 2.75) is 51.0 Å². The number of ether oxygens (including phenoxy) is 2. The van der Waals surface area contributed by atoms with Crippen molar-refractivity contribution in [3.8, 4) is 0 Å². The summed E-state index contributed by atoms with van der Waals surface area (Å²) < 4.78 is 10.9. The molecule has 0 bridgehead atoms. The molecule has 1 aromatic rings. The van der Waals surface area contributed by atoms with Gasteiger partial charge in [-0.15, -0.1) is 0 Å². The molecule has 0 aromatic heterocycles. The van der Waals surface area contributed by atoms with E-state index in [0.717, 1.165) is 12.8 Å². The summed E-state index contributed by atoms with van der Waals surface area (Å²) in [6, 6.07) is 6.81. The molecule has 2 aliphatic rings. The normalized spacial score (nSPS) is 29.4. The first kappa shape index (κ1) is 16.9. The minimum absolute atomic E-state index is 0.0367. The molecule has 24 heavy (non-hydrogen) atoms. The fourth-order valence-corrected chi connectivity index (χ4v) is 3.12. The summed E-state index contributed by atoms with van der Waals surface area (Å²) in [4.78, 5) is 24.5. The minimum Gasteiger partial charge on any atom is -0.376 e. The largest absolute Gasteiger partial charge is 0.376 e. The molecule has 2 aliphatic heterocycles. The van der Waals surface area contributed by atoms with Crippen molar-refractivity contribution >= 4 is 11.8 Å². The van der Waals surface area contributed by atoms with Crippen molar-refractivity contribution in [1.29, 1.82) is 0 Å². The van der Waals surface area contributed by atoms with E-state index in [2.05, 4.69) is 10.6 Å². The van der Waals surface area contributed by atoms with Crippen molar-refractivity contribution in [2.75, 3.05) is 13.2 Å². The molecule has 4 atom stereocenters. The first-order chi connectivity index (χ1) is 11.5. The number of hydrogen-bond donors (Lipinski definition) is 2. The molecule has 2 fully saturated rings. The van der Waals surface area contributed by atoms with E-state index < -0.39 is 0 Å². The van der Waals surface area contributed by atoms with Gasteiger partial charge in [0.2, 0.25) is 0 Å². The van der Waals surface area contributed by atoms with Crippen LogP contribution in [-0.4, -0.2) is 49.3 Å². The van der Waals surface area contributed by atoms with E-state index in [9.17, 15) is 9.59 Å². The molecule has 2 N–H and O–H groups in total. The van der Waals surface area contributed by atoms with Crippen molar-refractivity contribution in [3.63, 3.8) is 0 Å². The number of hydrogen-bond acceptors (Lipinski definition) is 4. The smallest absolute Gasteiger partial charge is 0.251 e. The summed E-state index contributed by atoms with van der Waals surface area (Å²) in [5.74, 6) is -0.274. The molecule has 3 rings (SSSR count). The Morgan fingerprint density at radius 2 is 1.21 bits per heavy atom. The Bertz CT molecular complexity index is 549. The quantitative estimate of drug-likeness (QED) is 0.876. The van der Waals surface area contributed by atoms with Gasteiger partial charge in [0.1, 0.15) is 0 Å². The zero-order valence-corrected chi connectivity index (χ0v) is 14.1.